The molecule has 0 spiro atoms. The molecule has 154 valence electrons. The standard InChI is InChI=1S/C25H25O4P/c1-4-23(26)29-17-20-15-18(2)24(19(3)16-20)25(27)30(28,21-11-7-5-8-12-21)22-13-9-6-10-14-22/h5-16H,4,17H2,1-3H3. The van der Waals surface area contributed by atoms with Crippen LogP contribution in [0, 0.1) is 13.8 Å². The molecule has 0 unspecified atom stereocenters. The molecule has 3 rings (SSSR count). The lowest BCUT2D eigenvalue weighted by atomic mass is 10.0. The number of carbonyl (C=O) groups is 2. The Morgan fingerprint density at radius 1 is 0.833 bits per heavy atom. The van der Waals surface area contributed by atoms with Crippen LogP contribution in [0.25, 0.3) is 0 Å². The fourth-order valence-corrected chi connectivity index (χ4v) is 6.18. The third-order valence-corrected chi connectivity index (χ3v) is 7.87. The van der Waals surface area contributed by atoms with E-state index in [1.54, 1.807) is 55.5 Å². The van der Waals surface area contributed by atoms with Gasteiger partial charge in [-0.3, -0.25) is 9.59 Å². The second-order valence-electron chi connectivity index (χ2n) is 7.20. The van der Waals surface area contributed by atoms with Crippen molar-refractivity contribution in [3.05, 3.63) is 95.1 Å². The predicted octanol–water partition coefficient (Wildman–Crippen LogP) is 4.91. The average Bonchev–Trinajstić information content (AvgIpc) is 2.77. The molecule has 30 heavy (non-hydrogen) atoms. The first-order chi connectivity index (χ1) is 14.4. The van der Waals surface area contributed by atoms with Gasteiger partial charge < -0.3 is 9.30 Å². The van der Waals surface area contributed by atoms with Crippen LogP contribution in [-0.4, -0.2) is 11.5 Å². The lowest BCUT2D eigenvalue weighted by Gasteiger charge is -2.21. The molecule has 0 saturated carbocycles. The van der Waals surface area contributed by atoms with Crippen LogP contribution in [0.1, 0.15) is 40.4 Å². The monoisotopic (exact) mass is 420 g/mol. The van der Waals surface area contributed by atoms with Crippen molar-refractivity contribution >= 4 is 29.2 Å². The van der Waals surface area contributed by atoms with Gasteiger partial charge in [-0.05, 0) is 30.5 Å². The van der Waals surface area contributed by atoms with Crippen LogP contribution in [0.15, 0.2) is 72.8 Å². The van der Waals surface area contributed by atoms with Crippen LogP contribution in [0.5, 0.6) is 0 Å². The van der Waals surface area contributed by atoms with Gasteiger partial charge in [-0.1, -0.05) is 79.7 Å². The van der Waals surface area contributed by atoms with E-state index >= 15 is 0 Å². The van der Waals surface area contributed by atoms with Crippen LogP contribution >= 0.6 is 7.14 Å². The summed E-state index contributed by atoms with van der Waals surface area (Å²) in [4.78, 5) is 25.2. The Kier molecular flexibility index (Phi) is 6.69. The maximum atomic E-state index is 14.3. The summed E-state index contributed by atoms with van der Waals surface area (Å²) >= 11 is 0. The topological polar surface area (TPSA) is 60.4 Å². The molecule has 0 amide bonds. The molecule has 0 heterocycles. The van der Waals surface area contributed by atoms with E-state index in [1.165, 1.54) is 0 Å². The molecule has 0 atom stereocenters. The quantitative estimate of drug-likeness (QED) is 0.403. The van der Waals surface area contributed by atoms with E-state index in [0.29, 0.717) is 22.6 Å². The molecule has 3 aromatic carbocycles. The Morgan fingerprint density at radius 2 is 1.30 bits per heavy atom. The molecular weight excluding hydrogens is 395 g/mol. The Labute approximate surface area is 177 Å². The smallest absolute Gasteiger partial charge is 0.305 e. The number of benzene rings is 3. The summed E-state index contributed by atoms with van der Waals surface area (Å²) in [6.45, 7) is 5.54. The summed E-state index contributed by atoms with van der Waals surface area (Å²) < 4.78 is 19.6. The second kappa shape index (κ2) is 9.23. The van der Waals surface area contributed by atoms with Gasteiger partial charge in [0.1, 0.15) is 6.61 Å². The van der Waals surface area contributed by atoms with Crippen LogP contribution in [0.4, 0.5) is 0 Å². The molecule has 4 nitrogen and oxygen atoms in total. The molecule has 0 saturated heterocycles. The van der Waals surface area contributed by atoms with Gasteiger partial charge in [0.05, 0.1) is 0 Å². The summed E-state index contributed by atoms with van der Waals surface area (Å²) in [6.07, 6.45) is 0.311. The van der Waals surface area contributed by atoms with Crippen LogP contribution in [0.2, 0.25) is 0 Å². The van der Waals surface area contributed by atoms with Crippen molar-refractivity contribution in [1.29, 1.82) is 0 Å². The lowest BCUT2D eigenvalue weighted by Crippen LogP contribution is -2.23. The van der Waals surface area contributed by atoms with Gasteiger partial charge in [-0.2, -0.15) is 0 Å². The highest BCUT2D eigenvalue weighted by molar-refractivity contribution is 7.93. The summed E-state index contributed by atoms with van der Waals surface area (Å²) in [6, 6.07) is 21.5. The van der Waals surface area contributed by atoms with Gasteiger partial charge in [-0.25, -0.2) is 0 Å². The van der Waals surface area contributed by atoms with E-state index in [0.717, 1.165) is 16.7 Å². The number of aryl methyl sites for hydroxylation is 2. The Balaban J connectivity index is 2.08. The van der Waals surface area contributed by atoms with E-state index in [9.17, 15) is 14.2 Å². The molecule has 0 bridgehead atoms. The number of hydrogen-bond acceptors (Lipinski definition) is 4. The van der Waals surface area contributed by atoms with Gasteiger partial charge in [0.25, 0.3) is 0 Å². The first-order valence-corrected chi connectivity index (χ1v) is 11.6. The molecule has 0 N–H and O–H groups in total. The normalized spacial score (nSPS) is 11.2. The average molecular weight is 420 g/mol. The predicted molar refractivity (Wildman–Crippen MR) is 120 cm³/mol. The molecule has 0 radical (unpaired) electrons. The van der Waals surface area contributed by atoms with Gasteiger partial charge in [0.15, 0.2) is 0 Å². The molecule has 0 aliphatic heterocycles. The van der Waals surface area contributed by atoms with E-state index in [-0.39, 0.29) is 18.1 Å². The number of hydrogen-bond donors (Lipinski definition) is 0. The number of esters is 1. The summed E-state index contributed by atoms with van der Waals surface area (Å²) in [5.74, 6) is -0.275. The van der Waals surface area contributed by atoms with Gasteiger partial charge >= 0.3 is 5.97 Å². The van der Waals surface area contributed by atoms with Crippen LogP contribution in [0.3, 0.4) is 0 Å². The number of rotatable bonds is 7. The largest absolute Gasteiger partial charge is 0.461 e. The molecule has 0 aliphatic rings. The van der Waals surface area contributed by atoms with Gasteiger partial charge in [0.2, 0.25) is 12.7 Å². The number of ether oxygens (including phenoxy) is 1. The molecule has 3 aromatic rings. The first-order valence-electron chi connectivity index (χ1n) is 9.89. The van der Waals surface area contributed by atoms with E-state index in [1.807, 2.05) is 38.1 Å². The fourth-order valence-electron chi connectivity index (χ4n) is 3.56. The van der Waals surface area contributed by atoms with Crippen molar-refractivity contribution in [1.82, 2.24) is 0 Å². The zero-order valence-electron chi connectivity index (χ0n) is 17.4. The minimum atomic E-state index is -3.57. The first kappa shape index (κ1) is 21.7. The van der Waals surface area contributed by atoms with Gasteiger partial charge in [0, 0.05) is 22.6 Å². The highest BCUT2D eigenvalue weighted by Gasteiger charge is 2.37. The molecule has 0 fully saturated rings. The summed E-state index contributed by atoms with van der Waals surface area (Å²) in [7, 11) is -3.57. The minimum Gasteiger partial charge on any atom is -0.461 e. The van der Waals surface area contributed by atoms with Crippen molar-refractivity contribution in [2.75, 3.05) is 0 Å². The zero-order chi connectivity index (χ0) is 21.7. The van der Waals surface area contributed by atoms with E-state index in [4.69, 9.17) is 4.74 Å². The van der Waals surface area contributed by atoms with Crippen molar-refractivity contribution < 1.29 is 18.9 Å². The highest BCUT2D eigenvalue weighted by atomic mass is 31.2. The summed E-state index contributed by atoms with van der Waals surface area (Å²) in [5, 5.41) is 1.03. The SMILES string of the molecule is CCC(=O)OCc1cc(C)c(C(=O)P(=O)(c2ccccc2)c2ccccc2)c(C)c1. The van der Waals surface area contributed by atoms with Crippen LogP contribution in [-0.2, 0) is 20.7 Å². The van der Waals surface area contributed by atoms with Crippen molar-refractivity contribution in [3.8, 4) is 0 Å². The summed E-state index contributed by atoms with van der Waals surface area (Å²) in [5.41, 5.74) is 2.31. The third-order valence-electron chi connectivity index (χ3n) is 5.02. The molecule has 0 aromatic heterocycles. The maximum absolute atomic E-state index is 14.3. The second-order valence-corrected chi connectivity index (χ2v) is 9.86. The highest BCUT2D eigenvalue weighted by Crippen LogP contribution is 2.47. The zero-order valence-corrected chi connectivity index (χ0v) is 18.3. The Hall–Kier alpha value is -2.97. The Bertz CT molecular complexity index is 1040. The molecular formula is C25H25O4P. The van der Waals surface area contributed by atoms with E-state index < -0.39 is 7.14 Å². The Morgan fingerprint density at radius 3 is 1.73 bits per heavy atom. The third kappa shape index (κ3) is 4.29. The minimum absolute atomic E-state index is 0.151. The fraction of sp³-hybridized carbons (Fsp3) is 0.200. The number of carbonyl (C=O) groups excluding carboxylic acids is 2. The van der Waals surface area contributed by atoms with Crippen molar-refractivity contribution in [2.24, 2.45) is 0 Å². The molecule has 5 heteroatoms. The maximum Gasteiger partial charge on any atom is 0.305 e. The lowest BCUT2D eigenvalue weighted by molar-refractivity contribution is -0.144. The molecule has 0 aliphatic carbocycles. The van der Waals surface area contributed by atoms with E-state index in [2.05, 4.69) is 0 Å². The van der Waals surface area contributed by atoms with Crippen molar-refractivity contribution in [3.63, 3.8) is 0 Å². The van der Waals surface area contributed by atoms with Gasteiger partial charge in [-0.15, -0.1) is 0 Å². The van der Waals surface area contributed by atoms with Crippen molar-refractivity contribution in [2.45, 2.75) is 33.8 Å². The van der Waals surface area contributed by atoms with Crippen LogP contribution < -0.4 is 10.6 Å².